The van der Waals surface area contributed by atoms with Crippen LogP contribution in [0.2, 0.25) is 0 Å². The Kier molecular flexibility index (Phi) is 4.51. The van der Waals surface area contributed by atoms with Crippen LogP contribution in [-0.2, 0) is 4.74 Å². The number of rotatable bonds is 3. The van der Waals surface area contributed by atoms with Crippen LogP contribution in [0.5, 0.6) is 0 Å². The number of aliphatic hydroxyl groups excluding tert-OH is 1. The van der Waals surface area contributed by atoms with E-state index in [1.165, 1.54) is 0 Å². The minimum Gasteiger partial charge on any atom is -0.392 e. The molecule has 0 aromatic rings. The molecular weight excluding hydrogens is 252 g/mol. The van der Waals surface area contributed by atoms with Crippen molar-refractivity contribution in [3.05, 3.63) is 0 Å². The Labute approximate surface area is 123 Å². The van der Waals surface area contributed by atoms with Crippen molar-refractivity contribution < 1.29 is 9.84 Å². The first kappa shape index (κ1) is 16.2. The highest BCUT2D eigenvalue weighted by atomic mass is 16.5. The van der Waals surface area contributed by atoms with Crippen molar-refractivity contribution in [3.63, 3.8) is 0 Å². The van der Waals surface area contributed by atoms with E-state index in [-0.39, 0.29) is 17.3 Å². The van der Waals surface area contributed by atoms with E-state index in [4.69, 9.17) is 4.74 Å². The molecule has 0 aromatic heterocycles. The Morgan fingerprint density at radius 1 is 1.25 bits per heavy atom. The van der Waals surface area contributed by atoms with Gasteiger partial charge in [0, 0.05) is 25.0 Å². The average molecular weight is 284 g/mol. The van der Waals surface area contributed by atoms with Gasteiger partial charge >= 0.3 is 0 Å². The van der Waals surface area contributed by atoms with Crippen LogP contribution < -0.4 is 5.32 Å². The number of nitrogens with zero attached hydrogens (tertiary/aromatic N) is 1. The Hall–Kier alpha value is -0.160. The third kappa shape index (κ3) is 3.03. The van der Waals surface area contributed by atoms with E-state index in [0.29, 0.717) is 17.9 Å². The minimum absolute atomic E-state index is 0.134. The zero-order valence-electron chi connectivity index (χ0n) is 13.9. The maximum Gasteiger partial charge on any atom is 0.0790 e. The smallest absolute Gasteiger partial charge is 0.0790 e. The van der Waals surface area contributed by atoms with Crippen molar-refractivity contribution in [2.24, 2.45) is 11.8 Å². The normalized spacial score (nSPS) is 41.0. The number of hydrogen-bond donors (Lipinski definition) is 2. The molecule has 2 fully saturated rings. The van der Waals surface area contributed by atoms with Crippen molar-refractivity contribution >= 4 is 0 Å². The van der Waals surface area contributed by atoms with Gasteiger partial charge < -0.3 is 20.1 Å². The summed E-state index contributed by atoms with van der Waals surface area (Å²) in [6.07, 6.45) is 0.901. The fourth-order valence-electron chi connectivity index (χ4n) is 4.14. The molecule has 2 rings (SSSR count). The molecule has 4 nitrogen and oxygen atoms in total. The summed E-state index contributed by atoms with van der Waals surface area (Å²) in [6, 6.07) is 0.342. The van der Waals surface area contributed by atoms with Crippen LogP contribution in [0, 0.1) is 11.8 Å². The second-order valence-corrected chi connectivity index (χ2v) is 7.77. The maximum absolute atomic E-state index is 10.1. The molecule has 2 aliphatic heterocycles. The Balaban J connectivity index is 2.07. The largest absolute Gasteiger partial charge is 0.392 e. The Morgan fingerprint density at radius 2 is 1.90 bits per heavy atom. The molecule has 0 amide bonds. The molecule has 118 valence electrons. The fourth-order valence-corrected chi connectivity index (χ4v) is 4.14. The summed E-state index contributed by atoms with van der Waals surface area (Å²) in [5, 5.41) is 13.5. The molecule has 0 aromatic carbocycles. The first-order valence-electron chi connectivity index (χ1n) is 7.95. The van der Waals surface area contributed by atoms with E-state index in [0.717, 1.165) is 26.1 Å². The van der Waals surface area contributed by atoms with Gasteiger partial charge in [-0.2, -0.15) is 0 Å². The van der Waals surface area contributed by atoms with Gasteiger partial charge in [0.1, 0.15) is 0 Å². The molecule has 0 aliphatic carbocycles. The van der Waals surface area contributed by atoms with Crippen molar-refractivity contribution in [3.8, 4) is 0 Å². The van der Waals surface area contributed by atoms with Crippen LogP contribution >= 0.6 is 0 Å². The number of piperidine rings is 1. The third-order valence-electron chi connectivity index (χ3n) is 5.34. The van der Waals surface area contributed by atoms with Gasteiger partial charge in [0.05, 0.1) is 17.3 Å². The second-order valence-electron chi connectivity index (χ2n) is 7.77. The highest BCUT2D eigenvalue weighted by Crippen LogP contribution is 2.42. The zero-order valence-corrected chi connectivity index (χ0v) is 13.9. The predicted octanol–water partition coefficient (Wildman–Crippen LogP) is 1.48. The second kappa shape index (κ2) is 5.56. The van der Waals surface area contributed by atoms with E-state index in [1.54, 1.807) is 0 Å². The van der Waals surface area contributed by atoms with Crippen molar-refractivity contribution in [1.29, 1.82) is 0 Å². The van der Waals surface area contributed by atoms with E-state index < -0.39 is 0 Å². The first-order chi connectivity index (χ1) is 9.17. The van der Waals surface area contributed by atoms with Crippen LogP contribution in [0.1, 0.15) is 41.0 Å². The van der Waals surface area contributed by atoms with Crippen LogP contribution in [0.3, 0.4) is 0 Å². The number of hydrogen-bond acceptors (Lipinski definition) is 4. The Bertz CT molecular complexity index is 343. The minimum atomic E-state index is -0.185. The molecule has 0 saturated carbocycles. The lowest BCUT2D eigenvalue weighted by Gasteiger charge is -2.39. The molecule has 20 heavy (non-hydrogen) atoms. The van der Waals surface area contributed by atoms with Crippen molar-refractivity contribution in [2.75, 3.05) is 26.7 Å². The lowest BCUT2D eigenvalue weighted by atomic mass is 9.81. The van der Waals surface area contributed by atoms with E-state index in [1.807, 2.05) is 7.05 Å². The highest BCUT2D eigenvalue weighted by Gasteiger charge is 2.53. The molecule has 2 aliphatic rings. The average Bonchev–Trinajstić information content (AvgIpc) is 2.48. The summed E-state index contributed by atoms with van der Waals surface area (Å²) in [7, 11) is 2.03. The van der Waals surface area contributed by atoms with Gasteiger partial charge in [0.25, 0.3) is 0 Å². The van der Waals surface area contributed by atoms with Gasteiger partial charge in [0.2, 0.25) is 0 Å². The van der Waals surface area contributed by atoms with Gasteiger partial charge in [-0.3, -0.25) is 0 Å². The lowest BCUT2D eigenvalue weighted by molar-refractivity contribution is -0.0812. The van der Waals surface area contributed by atoms with Crippen LogP contribution in [0.15, 0.2) is 0 Å². The number of likely N-dealkylation sites (tertiary alicyclic amines) is 1. The van der Waals surface area contributed by atoms with Crippen LogP contribution in [-0.4, -0.2) is 60.0 Å². The summed E-state index contributed by atoms with van der Waals surface area (Å²) >= 11 is 0. The molecule has 0 radical (unpaired) electrons. The standard InChI is InChI=1S/C16H32N2O2/c1-11-7-8-18(10-13(11)19)9-12-14(17-6)16(4,5)20-15(12,2)3/h11-14,17,19H,7-10H2,1-6H3. The topological polar surface area (TPSA) is 44.7 Å². The lowest BCUT2D eigenvalue weighted by Crippen LogP contribution is -2.52. The molecule has 4 atom stereocenters. The number of likely N-dealkylation sites (N-methyl/N-ethyl adjacent to an activating group) is 1. The molecule has 0 spiro atoms. The van der Waals surface area contributed by atoms with Crippen LogP contribution in [0.4, 0.5) is 0 Å². The van der Waals surface area contributed by atoms with Gasteiger partial charge in [0.15, 0.2) is 0 Å². The molecule has 2 heterocycles. The van der Waals surface area contributed by atoms with E-state index >= 15 is 0 Å². The highest BCUT2D eigenvalue weighted by molar-refractivity contribution is 5.06. The molecule has 4 unspecified atom stereocenters. The number of nitrogens with one attached hydrogen (secondary N) is 1. The quantitative estimate of drug-likeness (QED) is 0.824. The molecule has 4 heteroatoms. The molecular formula is C16H32N2O2. The summed E-state index contributed by atoms with van der Waals surface area (Å²) in [4.78, 5) is 2.41. The van der Waals surface area contributed by atoms with E-state index in [9.17, 15) is 5.11 Å². The van der Waals surface area contributed by atoms with E-state index in [2.05, 4.69) is 44.8 Å². The maximum atomic E-state index is 10.1. The Morgan fingerprint density at radius 3 is 2.45 bits per heavy atom. The summed E-state index contributed by atoms with van der Waals surface area (Å²) in [5.74, 6) is 0.860. The zero-order chi connectivity index (χ0) is 15.1. The summed E-state index contributed by atoms with van der Waals surface area (Å²) in [6.45, 7) is 13.7. The monoisotopic (exact) mass is 284 g/mol. The molecule has 2 saturated heterocycles. The number of β-amino-alcohol motifs (C(OH)–C–C–N with tert-alkyl or cyclic N) is 1. The SMILES string of the molecule is CNC1C(CN2CCC(C)C(O)C2)C(C)(C)OC1(C)C. The fraction of sp³-hybridized carbons (Fsp3) is 1.00. The number of aliphatic hydroxyl groups is 1. The van der Waals surface area contributed by atoms with Crippen LogP contribution in [0.25, 0.3) is 0 Å². The summed E-state index contributed by atoms with van der Waals surface area (Å²) < 4.78 is 6.29. The first-order valence-corrected chi connectivity index (χ1v) is 7.95. The summed E-state index contributed by atoms with van der Waals surface area (Å²) in [5.41, 5.74) is -0.282. The van der Waals surface area contributed by atoms with Gasteiger partial charge in [-0.15, -0.1) is 0 Å². The number of ether oxygens (including phenoxy) is 1. The predicted molar refractivity (Wildman–Crippen MR) is 81.8 cm³/mol. The molecule has 2 N–H and O–H groups in total. The van der Waals surface area contributed by atoms with Gasteiger partial charge in [-0.1, -0.05) is 6.92 Å². The van der Waals surface area contributed by atoms with Gasteiger partial charge in [-0.25, -0.2) is 0 Å². The third-order valence-corrected chi connectivity index (χ3v) is 5.34. The molecule has 0 bridgehead atoms. The van der Waals surface area contributed by atoms with Crippen molar-refractivity contribution in [2.45, 2.75) is 64.4 Å². The van der Waals surface area contributed by atoms with Crippen molar-refractivity contribution in [1.82, 2.24) is 10.2 Å². The van der Waals surface area contributed by atoms with Gasteiger partial charge in [-0.05, 0) is 53.6 Å².